The van der Waals surface area contributed by atoms with Gasteiger partial charge in [-0.15, -0.1) is 0 Å². The molecule has 0 unspecified atom stereocenters. The van der Waals surface area contributed by atoms with Crippen LogP contribution in [0.25, 0.3) is 0 Å². The molecule has 0 radical (unpaired) electrons. The summed E-state index contributed by atoms with van der Waals surface area (Å²) >= 11 is 0. The summed E-state index contributed by atoms with van der Waals surface area (Å²) in [6.07, 6.45) is 1.81. The van der Waals surface area contributed by atoms with Crippen LogP contribution in [0.1, 0.15) is 19.4 Å². The average molecular weight is 236 g/mol. The predicted octanol–water partition coefficient (Wildman–Crippen LogP) is 0.501. The first-order valence-corrected chi connectivity index (χ1v) is 5.69. The number of rotatable bonds is 6. The number of amides is 1. The van der Waals surface area contributed by atoms with E-state index in [2.05, 4.69) is 10.3 Å². The van der Waals surface area contributed by atoms with Gasteiger partial charge in [0.25, 0.3) is 0 Å². The van der Waals surface area contributed by atoms with Gasteiger partial charge in [0.15, 0.2) is 0 Å². The average Bonchev–Trinajstić information content (AvgIpc) is 2.27. The SMILES string of the molecule is CNCc1ccc(N(CC(N)=O)C(C)C)nc1. The van der Waals surface area contributed by atoms with E-state index < -0.39 is 0 Å². The lowest BCUT2D eigenvalue weighted by atomic mass is 10.2. The van der Waals surface area contributed by atoms with Crippen molar-refractivity contribution in [2.45, 2.75) is 26.4 Å². The number of carbonyl (C=O) groups excluding carboxylic acids is 1. The quantitative estimate of drug-likeness (QED) is 0.754. The van der Waals surface area contributed by atoms with Crippen molar-refractivity contribution < 1.29 is 4.79 Å². The molecule has 0 aliphatic heterocycles. The second kappa shape index (κ2) is 6.20. The molecule has 17 heavy (non-hydrogen) atoms. The van der Waals surface area contributed by atoms with Gasteiger partial charge in [0.2, 0.25) is 5.91 Å². The van der Waals surface area contributed by atoms with Gasteiger partial charge >= 0.3 is 0 Å². The van der Waals surface area contributed by atoms with Crippen molar-refractivity contribution in [3.05, 3.63) is 23.9 Å². The Morgan fingerprint density at radius 2 is 2.24 bits per heavy atom. The van der Waals surface area contributed by atoms with E-state index in [-0.39, 0.29) is 18.5 Å². The Labute approximate surface area is 102 Å². The van der Waals surface area contributed by atoms with E-state index in [4.69, 9.17) is 5.73 Å². The van der Waals surface area contributed by atoms with Crippen LogP contribution < -0.4 is 16.0 Å². The second-order valence-corrected chi connectivity index (χ2v) is 4.24. The number of nitrogens with two attached hydrogens (primary N) is 1. The van der Waals surface area contributed by atoms with Crippen LogP contribution in [0.5, 0.6) is 0 Å². The van der Waals surface area contributed by atoms with Gasteiger partial charge in [-0.05, 0) is 32.5 Å². The Balaban J connectivity index is 2.83. The standard InChI is InChI=1S/C12H20N4O/c1-9(2)16(8-11(13)17)12-5-4-10(6-14-3)7-15-12/h4-5,7,9,14H,6,8H2,1-3H3,(H2,13,17). The first-order chi connectivity index (χ1) is 8.04. The third kappa shape index (κ3) is 4.03. The Morgan fingerprint density at radius 1 is 1.53 bits per heavy atom. The van der Waals surface area contributed by atoms with Crippen LogP contribution in [0.15, 0.2) is 18.3 Å². The first-order valence-electron chi connectivity index (χ1n) is 5.69. The van der Waals surface area contributed by atoms with Crippen molar-refractivity contribution in [3.63, 3.8) is 0 Å². The minimum atomic E-state index is -0.347. The van der Waals surface area contributed by atoms with E-state index in [1.54, 1.807) is 0 Å². The Kier molecular flexibility index (Phi) is 4.90. The van der Waals surface area contributed by atoms with Crippen molar-refractivity contribution in [2.24, 2.45) is 5.73 Å². The molecule has 5 heteroatoms. The van der Waals surface area contributed by atoms with E-state index >= 15 is 0 Å². The molecule has 0 atom stereocenters. The highest BCUT2D eigenvalue weighted by Gasteiger charge is 2.13. The monoisotopic (exact) mass is 236 g/mol. The summed E-state index contributed by atoms with van der Waals surface area (Å²) in [5.74, 6) is 0.429. The summed E-state index contributed by atoms with van der Waals surface area (Å²) in [7, 11) is 1.89. The lowest BCUT2D eigenvalue weighted by molar-refractivity contribution is -0.116. The molecule has 1 amide bonds. The molecule has 1 rings (SSSR count). The van der Waals surface area contributed by atoms with E-state index in [0.29, 0.717) is 0 Å². The maximum Gasteiger partial charge on any atom is 0.237 e. The zero-order valence-electron chi connectivity index (χ0n) is 10.6. The number of nitrogens with one attached hydrogen (secondary N) is 1. The first kappa shape index (κ1) is 13.4. The molecule has 0 saturated carbocycles. The summed E-state index contributed by atoms with van der Waals surface area (Å²) in [5.41, 5.74) is 6.34. The second-order valence-electron chi connectivity index (χ2n) is 4.24. The van der Waals surface area contributed by atoms with Crippen molar-refractivity contribution in [1.82, 2.24) is 10.3 Å². The van der Waals surface area contributed by atoms with Crippen molar-refractivity contribution in [1.29, 1.82) is 0 Å². The highest BCUT2D eigenvalue weighted by molar-refractivity contribution is 5.79. The van der Waals surface area contributed by atoms with Gasteiger partial charge in [0.05, 0.1) is 6.54 Å². The maximum atomic E-state index is 11.0. The molecule has 3 N–H and O–H groups in total. The molecule has 0 saturated heterocycles. The fourth-order valence-corrected chi connectivity index (χ4v) is 1.59. The fraction of sp³-hybridized carbons (Fsp3) is 0.500. The zero-order valence-corrected chi connectivity index (χ0v) is 10.6. The summed E-state index contributed by atoms with van der Waals surface area (Å²) < 4.78 is 0. The molecule has 1 heterocycles. The molecule has 0 aliphatic rings. The third-order valence-corrected chi connectivity index (χ3v) is 2.43. The number of hydrogen-bond donors (Lipinski definition) is 2. The molecule has 0 aliphatic carbocycles. The molecular weight excluding hydrogens is 216 g/mol. The number of nitrogens with zero attached hydrogens (tertiary/aromatic N) is 2. The fourth-order valence-electron chi connectivity index (χ4n) is 1.59. The minimum Gasteiger partial charge on any atom is -0.368 e. The van der Waals surface area contributed by atoms with Gasteiger partial charge in [-0.25, -0.2) is 4.98 Å². The van der Waals surface area contributed by atoms with Crippen LogP contribution in [0, 0.1) is 0 Å². The molecule has 94 valence electrons. The lowest BCUT2D eigenvalue weighted by Gasteiger charge is -2.26. The van der Waals surface area contributed by atoms with E-state index in [1.165, 1.54) is 0 Å². The van der Waals surface area contributed by atoms with E-state index in [9.17, 15) is 4.79 Å². The van der Waals surface area contributed by atoms with Crippen LogP contribution in [0.4, 0.5) is 5.82 Å². The van der Waals surface area contributed by atoms with Gasteiger partial charge in [-0.2, -0.15) is 0 Å². The van der Waals surface area contributed by atoms with Gasteiger partial charge in [0.1, 0.15) is 5.82 Å². The number of hydrogen-bond acceptors (Lipinski definition) is 4. The Bertz CT molecular complexity index is 361. The molecule has 5 nitrogen and oxygen atoms in total. The molecule has 1 aromatic heterocycles. The normalized spacial score (nSPS) is 10.6. The third-order valence-electron chi connectivity index (χ3n) is 2.43. The molecule has 0 aromatic carbocycles. The van der Waals surface area contributed by atoms with Crippen LogP contribution in [-0.2, 0) is 11.3 Å². The Morgan fingerprint density at radius 3 is 2.65 bits per heavy atom. The number of carbonyl (C=O) groups is 1. The smallest absolute Gasteiger partial charge is 0.237 e. The number of pyridine rings is 1. The largest absolute Gasteiger partial charge is 0.368 e. The van der Waals surface area contributed by atoms with Gasteiger partial charge < -0.3 is 16.0 Å². The van der Waals surface area contributed by atoms with Crippen LogP contribution in [0.2, 0.25) is 0 Å². The number of primary amides is 1. The highest BCUT2D eigenvalue weighted by Crippen LogP contribution is 2.14. The predicted molar refractivity (Wildman–Crippen MR) is 68.7 cm³/mol. The highest BCUT2D eigenvalue weighted by atomic mass is 16.1. The van der Waals surface area contributed by atoms with Crippen molar-refractivity contribution >= 4 is 11.7 Å². The maximum absolute atomic E-state index is 11.0. The Hall–Kier alpha value is -1.62. The van der Waals surface area contributed by atoms with Crippen LogP contribution >= 0.6 is 0 Å². The zero-order chi connectivity index (χ0) is 12.8. The summed E-state index contributed by atoms with van der Waals surface area (Å²) in [4.78, 5) is 17.2. The van der Waals surface area contributed by atoms with Gasteiger partial charge in [-0.3, -0.25) is 4.79 Å². The summed E-state index contributed by atoms with van der Waals surface area (Å²) in [5, 5.41) is 3.06. The van der Waals surface area contributed by atoms with Crippen LogP contribution in [-0.4, -0.2) is 30.5 Å². The molecule has 0 fully saturated rings. The van der Waals surface area contributed by atoms with Gasteiger partial charge in [0, 0.05) is 18.8 Å². The summed E-state index contributed by atoms with van der Waals surface area (Å²) in [6.45, 7) is 4.99. The van der Waals surface area contributed by atoms with Crippen molar-refractivity contribution in [2.75, 3.05) is 18.5 Å². The molecule has 0 spiro atoms. The number of aromatic nitrogens is 1. The number of anilines is 1. The van der Waals surface area contributed by atoms with E-state index in [0.717, 1.165) is 17.9 Å². The topological polar surface area (TPSA) is 71.2 Å². The molecule has 1 aromatic rings. The molecule has 0 bridgehead atoms. The van der Waals surface area contributed by atoms with Crippen molar-refractivity contribution in [3.8, 4) is 0 Å². The lowest BCUT2D eigenvalue weighted by Crippen LogP contribution is -2.39. The minimum absolute atomic E-state index is 0.185. The summed E-state index contributed by atoms with van der Waals surface area (Å²) in [6, 6.07) is 4.09. The van der Waals surface area contributed by atoms with Crippen LogP contribution in [0.3, 0.4) is 0 Å². The molecular formula is C12H20N4O. The van der Waals surface area contributed by atoms with Gasteiger partial charge in [-0.1, -0.05) is 6.07 Å². The van der Waals surface area contributed by atoms with E-state index in [1.807, 2.05) is 44.1 Å².